The van der Waals surface area contributed by atoms with Crippen LogP contribution >= 0.6 is 0 Å². The predicted molar refractivity (Wildman–Crippen MR) is 65.4 cm³/mol. The van der Waals surface area contributed by atoms with Crippen LogP contribution in [0.2, 0.25) is 0 Å². The summed E-state index contributed by atoms with van der Waals surface area (Å²) in [6, 6.07) is 0.357. The second-order valence-corrected chi connectivity index (χ2v) is 4.43. The SMILES string of the molecule is C=C(C)COCCNC(CN)C1CCOC1. The zero-order valence-corrected chi connectivity index (χ0v) is 10.2. The summed E-state index contributed by atoms with van der Waals surface area (Å²) in [4.78, 5) is 0. The molecule has 1 rings (SSSR count). The molecule has 2 atom stereocenters. The van der Waals surface area contributed by atoms with Gasteiger partial charge in [-0.3, -0.25) is 0 Å². The predicted octanol–water partition coefficient (Wildman–Crippen LogP) is 0.533. The summed E-state index contributed by atoms with van der Waals surface area (Å²) in [7, 11) is 0. The lowest BCUT2D eigenvalue weighted by Gasteiger charge is -2.22. The topological polar surface area (TPSA) is 56.5 Å². The van der Waals surface area contributed by atoms with Crippen molar-refractivity contribution in [1.29, 1.82) is 0 Å². The third kappa shape index (κ3) is 5.07. The number of nitrogens with two attached hydrogens (primary N) is 1. The molecular weight excluding hydrogens is 204 g/mol. The van der Waals surface area contributed by atoms with Crippen LogP contribution in [0.4, 0.5) is 0 Å². The molecule has 4 heteroatoms. The van der Waals surface area contributed by atoms with Crippen molar-refractivity contribution in [2.24, 2.45) is 11.7 Å². The molecule has 1 fully saturated rings. The molecule has 0 amide bonds. The summed E-state index contributed by atoms with van der Waals surface area (Å²) in [5.41, 5.74) is 6.80. The molecule has 0 aromatic rings. The second-order valence-electron chi connectivity index (χ2n) is 4.43. The van der Waals surface area contributed by atoms with Crippen molar-refractivity contribution in [2.45, 2.75) is 19.4 Å². The van der Waals surface area contributed by atoms with E-state index in [1.54, 1.807) is 0 Å². The van der Waals surface area contributed by atoms with E-state index in [1.807, 2.05) is 6.92 Å². The molecule has 94 valence electrons. The van der Waals surface area contributed by atoms with Gasteiger partial charge in [-0.1, -0.05) is 12.2 Å². The van der Waals surface area contributed by atoms with Gasteiger partial charge in [0.25, 0.3) is 0 Å². The van der Waals surface area contributed by atoms with Crippen molar-refractivity contribution in [3.63, 3.8) is 0 Å². The Morgan fingerprint density at radius 2 is 2.50 bits per heavy atom. The van der Waals surface area contributed by atoms with Gasteiger partial charge in [0.05, 0.1) is 19.8 Å². The summed E-state index contributed by atoms with van der Waals surface area (Å²) in [6.45, 7) is 10.3. The molecule has 1 heterocycles. The van der Waals surface area contributed by atoms with Gasteiger partial charge in [0.1, 0.15) is 0 Å². The van der Waals surface area contributed by atoms with E-state index in [1.165, 1.54) is 0 Å². The minimum atomic E-state index is 0.357. The van der Waals surface area contributed by atoms with E-state index in [-0.39, 0.29) is 0 Å². The first-order chi connectivity index (χ1) is 7.74. The molecule has 2 unspecified atom stereocenters. The molecule has 0 aliphatic carbocycles. The lowest BCUT2D eigenvalue weighted by Crippen LogP contribution is -2.43. The van der Waals surface area contributed by atoms with Crippen LogP contribution in [0.15, 0.2) is 12.2 Å². The second kappa shape index (κ2) is 7.79. The van der Waals surface area contributed by atoms with Gasteiger partial charge in [-0.2, -0.15) is 0 Å². The normalized spacial score (nSPS) is 22.2. The molecule has 1 saturated heterocycles. The van der Waals surface area contributed by atoms with Crippen molar-refractivity contribution in [3.05, 3.63) is 12.2 Å². The first kappa shape index (κ1) is 13.6. The van der Waals surface area contributed by atoms with E-state index < -0.39 is 0 Å². The zero-order chi connectivity index (χ0) is 11.8. The Morgan fingerprint density at radius 1 is 1.69 bits per heavy atom. The van der Waals surface area contributed by atoms with Crippen LogP contribution in [0, 0.1) is 5.92 Å². The highest BCUT2D eigenvalue weighted by molar-refractivity contribution is 4.87. The molecular formula is C12H24N2O2. The highest BCUT2D eigenvalue weighted by atomic mass is 16.5. The zero-order valence-electron chi connectivity index (χ0n) is 10.2. The summed E-state index contributed by atoms with van der Waals surface area (Å²) >= 11 is 0. The molecule has 0 radical (unpaired) electrons. The monoisotopic (exact) mass is 228 g/mol. The fourth-order valence-corrected chi connectivity index (χ4v) is 1.88. The first-order valence-electron chi connectivity index (χ1n) is 5.97. The molecule has 0 saturated carbocycles. The summed E-state index contributed by atoms with van der Waals surface area (Å²) in [6.07, 6.45) is 1.11. The Balaban J connectivity index is 2.06. The Morgan fingerprint density at radius 3 is 3.06 bits per heavy atom. The van der Waals surface area contributed by atoms with Gasteiger partial charge in [0.15, 0.2) is 0 Å². The molecule has 1 aliphatic rings. The standard InChI is InChI=1S/C12H24N2O2/c1-10(2)8-16-6-4-14-12(7-13)11-3-5-15-9-11/h11-12,14H,1,3-9,13H2,2H3. The number of hydrogen-bond acceptors (Lipinski definition) is 4. The van der Waals surface area contributed by atoms with Crippen LogP contribution in [0.1, 0.15) is 13.3 Å². The molecule has 0 aromatic heterocycles. The molecule has 0 spiro atoms. The Kier molecular flexibility index (Phi) is 6.64. The van der Waals surface area contributed by atoms with Crippen LogP contribution < -0.4 is 11.1 Å². The molecule has 16 heavy (non-hydrogen) atoms. The molecule has 0 aromatic carbocycles. The van der Waals surface area contributed by atoms with E-state index in [2.05, 4.69) is 11.9 Å². The van der Waals surface area contributed by atoms with Crippen molar-refractivity contribution in [2.75, 3.05) is 39.5 Å². The van der Waals surface area contributed by atoms with E-state index >= 15 is 0 Å². The summed E-state index contributed by atoms with van der Waals surface area (Å²) in [5, 5.41) is 3.43. The van der Waals surface area contributed by atoms with Gasteiger partial charge in [0, 0.05) is 31.7 Å². The quantitative estimate of drug-likeness (QED) is 0.470. The van der Waals surface area contributed by atoms with Crippen LogP contribution in [0.5, 0.6) is 0 Å². The van der Waals surface area contributed by atoms with Gasteiger partial charge < -0.3 is 20.5 Å². The molecule has 0 bridgehead atoms. The highest BCUT2D eigenvalue weighted by Gasteiger charge is 2.23. The van der Waals surface area contributed by atoms with Crippen molar-refractivity contribution in [3.8, 4) is 0 Å². The van der Waals surface area contributed by atoms with Crippen molar-refractivity contribution in [1.82, 2.24) is 5.32 Å². The third-order valence-electron chi connectivity index (χ3n) is 2.79. The summed E-state index contributed by atoms with van der Waals surface area (Å²) < 4.78 is 10.8. The Labute approximate surface area is 98.2 Å². The number of rotatable bonds is 8. The van der Waals surface area contributed by atoms with Crippen LogP contribution in [-0.2, 0) is 9.47 Å². The average Bonchev–Trinajstić information content (AvgIpc) is 2.76. The van der Waals surface area contributed by atoms with E-state index in [9.17, 15) is 0 Å². The molecule has 4 nitrogen and oxygen atoms in total. The van der Waals surface area contributed by atoms with Crippen LogP contribution in [0.25, 0.3) is 0 Å². The number of ether oxygens (including phenoxy) is 2. The molecule has 3 N–H and O–H groups in total. The van der Waals surface area contributed by atoms with Gasteiger partial charge in [0.2, 0.25) is 0 Å². The average molecular weight is 228 g/mol. The van der Waals surface area contributed by atoms with Gasteiger partial charge >= 0.3 is 0 Å². The van der Waals surface area contributed by atoms with Crippen molar-refractivity contribution < 1.29 is 9.47 Å². The molecule has 1 aliphatic heterocycles. The van der Waals surface area contributed by atoms with Crippen LogP contribution in [-0.4, -0.2) is 45.6 Å². The lowest BCUT2D eigenvalue weighted by atomic mass is 9.99. The maximum Gasteiger partial charge on any atom is 0.0672 e. The smallest absolute Gasteiger partial charge is 0.0672 e. The largest absolute Gasteiger partial charge is 0.381 e. The maximum absolute atomic E-state index is 5.74. The fourth-order valence-electron chi connectivity index (χ4n) is 1.88. The lowest BCUT2D eigenvalue weighted by molar-refractivity contribution is 0.148. The van der Waals surface area contributed by atoms with E-state index in [0.717, 1.165) is 31.8 Å². The van der Waals surface area contributed by atoms with Crippen molar-refractivity contribution >= 4 is 0 Å². The van der Waals surface area contributed by atoms with Gasteiger partial charge in [-0.25, -0.2) is 0 Å². The van der Waals surface area contributed by atoms with E-state index in [0.29, 0.717) is 31.7 Å². The maximum atomic E-state index is 5.74. The highest BCUT2D eigenvalue weighted by Crippen LogP contribution is 2.15. The number of hydrogen-bond donors (Lipinski definition) is 2. The first-order valence-corrected chi connectivity index (χ1v) is 5.97. The van der Waals surface area contributed by atoms with Gasteiger partial charge in [-0.05, 0) is 13.3 Å². The summed E-state index contributed by atoms with van der Waals surface area (Å²) in [5.74, 6) is 0.561. The Bertz CT molecular complexity index is 203. The number of nitrogens with one attached hydrogen (secondary N) is 1. The minimum absolute atomic E-state index is 0.357. The minimum Gasteiger partial charge on any atom is -0.381 e. The van der Waals surface area contributed by atoms with Crippen LogP contribution in [0.3, 0.4) is 0 Å². The van der Waals surface area contributed by atoms with Gasteiger partial charge in [-0.15, -0.1) is 0 Å². The third-order valence-corrected chi connectivity index (χ3v) is 2.79. The van der Waals surface area contributed by atoms with E-state index in [4.69, 9.17) is 15.2 Å². The Hall–Kier alpha value is -0.420. The fraction of sp³-hybridized carbons (Fsp3) is 0.833.